The van der Waals surface area contributed by atoms with E-state index in [2.05, 4.69) is 11.1 Å². The van der Waals surface area contributed by atoms with Crippen LogP contribution in [-0.2, 0) is 0 Å². The second kappa shape index (κ2) is 3.79. The van der Waals surface area contributed by atoms with E-state index in [0.29, 0.717) is 0 Å². The van der Waals surface area contributed by atoms with E-state index >= 15 is 0 Å². The standard InChI is InChI=1S/C13H8ClNOS/c1-7-2-3-8-11(6-7)17-13-9(15-8)4-5-10(16)12(13)14/h2-6H,1H3. The number of fused-ring (bicyclic) bond motifs is 2. The van der Waals surface area contributed by atoms with Crippen molar-refractivity contribution in [3.63, 3.8) is 0 Å². The van der Waals surface area contributed by atoms with E-state index in [1.165, 1.54) is 23.0 Å². The molecule has 0 N–H and O–H groups in total. The largest absolute Gasteiger partial charge is 0.288 e. The molecule has 84 valence electrons. The lowest BCUT2D eigenvalue weighted by atomic mass is 10.2. The first-order valence-electron chi connectivity index (χ1n) is 5.15. The van der Waals surface area contributed by atoms with E-state index in [1.54, 1.807) is 6.07 Å². The molecule has 3 rings (SSSR count). The summed E-state index contributed by atoms with van der Waals surface area (Å²) in [5.41, 5.74) is 2.73. The second-order valence-corrected chi connectivity index (χ2v) is 5.34. The predicted octanol–water partition coefficient (Wildman–Crippen LogP) is 3.72. The number of hydrogen-bond acceptors (Lipinski definition) is 3. The summed E-state index contributed by atoms with van der Waals surface area (Å²) >= 11 is 7.54. The molecule has 1 aromatic rings. The molecule has 0 aromatic heterocycles. The number of aromatic nitrogens is 1. The van der Waals surface area contributed by atoms with Crippen molar-refractivity contribution in [3.8, 4) is 10.6 Å². The first kappa shape index (κ1) is 10.7. The number of rotatable bonds is 0. The van der Waals surface area contributed by atoms with E-state index in [1.807, 2.05) is 19.1 Å². The summed E-state index contributed by atoms with van der Waals surface area (Å²) in [4.78, 5) is 16.8. The Kier molecular flexibility index (Phi) is 2.38. The average Bonchev–Trinajstić information content (AvgIpc) is 2.32. The molecule has 0 spiro atoms. The Morgan fingerprint density at radius 2 is 2.06 bits per heavy atom. The fraction of sp³-hybridized carbons (Fsp3) is 0.0769. The summed E-state index contributed by atoms with van der Waals surface area (Å²) in [6.07, 6.45) is 0. The summed E-state index contributed by atoms with van der Waals surface area (Å²) in [5, 5.41) is 0.267. The highest BCUT2D eigenvalue weighted by Crippen LogP contribution is 2.34. The molecule has 17 heavy (non-hydrogen) atoms. The molecule has 0 bridgehead atoms. The number of aryl methyl sites for hydroxylation is 1. The Hall–Kier alpha value is -1.45. The molecule has 0 saturated carbocycles. The Labute approximate surface area is 107 Å². The van der Waals surface area contributed by atoms with Crippen LogP contribution in [0.3, 0.4) is 0 Å². The third-order valence-corrected chi connectivity index (χ3v) is 4.26. The second-order valence-electron chi connectivity index (χ2n) is 3.91. The van der Waals surface area contributed by atoms with Crippen molar-refractivity contribution >= 4 is 33.2 Å². The number of benzene rings is 2. The summed E-state index contributed by atoms with van der Waals surface area (Å²) < 4.78 is 1.05. The summed E-state index contributed by atoms with van der Waals surface area (Å²) in [5.74, 6) is 0. The van der Waals surface area contributed by atoms with Crippen LogP contribution in [0.15, 0.2) is 35.1 Å². The molecule has 1 aromatic carbocycles. The van der Waals surface area contributed by atoms with Crippen LogP contribution in [-0.4, -0.2) is 4.98 Å². The van der Waals surface area contributed by atoms with Gasteiger partial charge in [0.2, 0.25) is 0 Å². The van der Waals surface area contributed by atoms with Gasteiger partial charge in [0.1, 0.15) is 5.02 Å². The molecule has 0 radical (unpaired) electrons. The van der Waals surface area contributed by atoms with Gasteiger partial charge in [-0.15, -0.1) is 11.3 Å². The third kappa shape index (κ3) is 1.72. The molecule has 0 saturated heterocycles. The van der Waals surface area contributed by atoms with Crippen LogP contribution in [0.25, 0.3) is 20.8 Å². The van der Waals surface area contributed by atoms with Gasteiger partial charge in [-0.1, -0.05) is 17.7 Å². The zero-order valence-corrected chi connectivity index (χ0v) is 10.6. The van der Waals surface area contributed by atoms with E-state index in [9.17, 15) is 4.79 Å². The molecule has 0 atom stereocenters. The summed E-state index contributed by atoms with van der Waals surface area (Å²) in [6, 6.07) is 9.25. The zero-order valence-electron chi connectivity index (χ0n) is 9.03. The maximum Gasteiger partial charge on any atom is 0.198 e. The van der Waals surface area contributed by atoms with Crippen molar-refractivity contribution in [2.75, 3.05) is 0 Å². The third-order valence-electron chi connectivity index (χ3n) is 2.61. The van der Waals surface area contributed by atoms with E-state index in [-0.39, 0.29) is 10.5 Å². The lowest BCUT2D eigenvalue weighted by molar-refractivity contribution is 1.40. The minimum atomic E-state index is -0.149. The van der Waals surface area contributed by atoms with Gasteiger partial charge in [-0.3, -0.25) is 4.79 Å². The van der Waals surface area contributed by atoms with Crippen LogP contribution < -0.4 is 5.43 Å². The Morgan fingerprint density at radius 1 is 1.24 bits per heavy atom. The SMILES string of the molecule is Cc1ccc2nc3ccc(=O)c(Cl)c-3sc2c1. The van der Waals surface area contributed by atoms with Gasteiger partial charge in [0.05, 0.1) is 20.8 Å². The van der Waals surface area contributed by atoms with Crippen LogP contribution in [0.1, 0.15) is 5.56 Å². The highest BCUT2D eigenvalue weighted by Gasteiger charge is 2.13. The fourth-order valence-corrected chi connectivity index (χ4v) is 3.12. The number of nitrogens with zero attached hydrogens (tertiary/aromatic N) is 1. The Bertz CT molecular complexity index is 750. The van der Waals surface area contributed by atoms with Crippen molar-refractivity contribution in [1.29, 1.82) is 0 Å². The smallest absolute Gasteiger partial charge is 0.198 e. The molecule has 0 fully saturated rings. The van der Waals surface area contributed by atoms with Gasteiger partial charge in [-0.2, -0.15) is 0 Å². The van der Waals surface area contributed by atoms with Crippen molar-refractivity contribution in [1.82, 2.24) is 4.98 Å². The van der Waals surface area contributed by atoms with Crippen LogP contribution in [0.2, 0.25) is 5.02 Å². The van der Waals surface area contributed by atoms with E-state index in [0.717, 1.165) is 20.8 Å². The first-order valence-corrected chi connectivity index (χ1v) is 6.34. The molecule has 0 amide bonds. The van der Waals surface area contributed by atoms with Gasteiger partial charge in [-0.25, -0.2) is 4.98 Å². The minimum Gasteiger partial charge on any atom is -0.288 e. The topological polar surface area (TPSA) is 30.0 Å². The Balaban J connectivity index is 2.49. The highest BCUT2D eigenvalue weighted by molar-refractivity contribution is 7.22. The molecule has 2 aliphatic rings. The lowest BCUT2D eigenvalue weighted by Gasteiger charge is -2.07. The van der Waals surface area contributed by atoms with Gasteiger partial charge in [0, 0.05) is 0 Å². The molecular formula is C13H8ClNOS. The normalized spacial score (nSPS) is 11.2. The maximum atomic E-state index is 11.5. The van der Waals surface area contributed by atoms with Gasteiger partial charge in [0.25, 0.3) is 0 Å². The van der Waals surface area contributed by atoms with Crippen molar-refractivity contribution in [2.45, 2.75) is 6.92 Å². The van der Waals surface area contributed by atoms with Crippen molar-refractivity contribution < 1.29 is 0 Å². The zero-order chi connectivity index (χ0) is 12.0. The summed E-state index contributed by atoms with van der Waals surface area (Å²) in [6.45, 7) is 2.03. The monoisotopic (exact) mass is 261 g/mol. The predicted molar refractivity (Wildman–Crippen MR) is 72.3 cm³/mol. The van der Waals surface area contributed by atoms with Crippen molar-refractivity contribution in [2.24, 2.45) is 0 Å². The molecule has 0 unspecified atom stereocenters. The van der Waals surface area contributed by atoms with Crippen LogP contribution >= 0.6 is 22.9 Å². The number of hydrogen-bond donors (Lipinski definition) is 0. The maximum absolute atomic E-state index is 11.5. The van der Waals surface area contributed by atoms with Gasteiger partial charge in [-0.05, 0) is 36.8 Å². The quantitative estimate of drug-likeness (QED) is 0.577. The molecular weight excluding hydrogens is 254 g/mol. The molecule has 1 heterocycles. The fourth-order valence-electron chi connectivity index (χ4n) is 1.75. The highest BCUT2D eigenvalue weighted by atomic mass is 35.5. The van der Waals surface area contributed by atoms with Crippen LogP contribution in [0, 0.1) is 6.92 Å². The lowest BCUT2D eigenvalue weighted by Crippen LogP contribution is -2.01. The van der Waals surface area contributed by atoms with Gasteiger partial charge < -0.3 is 0 Å². The molecule has 4 heteroatoms. The van der Waals surface area contributed by atoms with Crippen LogP contribution in [0.5, 0.6) is 0 Å². The van der Waals surface area contributed by atoms with Crippen LogP contribution in [0.4, 0.5) is 0 Å². The Morgan fingerprint density at radius 3 is 2.88 bits per heavy atom. The van der Waals surface area contributed by atoms with E-state index in [4.69, 9.17) is 11.6 Å². The summed E-state index contributed by atoms with van der Waals surface area (Å²) in [7, 11) is 0. The average molecular weight is 262 g/mol. The van der Waals surface area contributed by atoms with Gasteiger partial charge in [0.15, 0.2) is 5.43 Å². The molecule has 1 aliphatic heterocycles. The van der Waals surface area contributed by atoms with E-state index < -0.39 is 0 Å². The number of halogens is 1. The molecule has 1 aliphatic carbocycles. The molecule has 2 nitrogen and oxygen atoms in total. The first-order chi connectivity index (χ1) is 8.15. The van der Waals surface area contributed by atoms with Crippen molar-refractivity contribution in [3.05, 3.63) is 51.1 Å². The van der Waals surface area contributed by atoms with Gasteiger partial charge >= 0.3 is 0 Å². The minimum absolute atomic E-state index is 0.149.